The quantitative estimate of drug-likeness (QED) is 0.397. The van der Waals surface area contributed by atoms with Gasteiger partial charge in [0.15, 0.2) is 11.6 Å². The summed E-state index contributed by atoms with van der Waals surface area (Å²) in [5, 5.41) is 7.44. The SMILES string of the molecule is Cc1noc(C)c1-c1ccn2c(C3=CCNCC3)c([C@@H]3CCCC(=O)N3c3ccc(F)c(F)c3)nc2c1. The van der Waals surface area contributed by atoms with Crippen molar-refractivity contribution >= 4 is 22.8 Å². The number of benzene rings is 1. The Labute approximate surface area is 212 Å². The highest BCUT2D eigenvalue weighted by molar-refractivity contribution is 5.95. The topological polar surface area (TPSA) is 75.7 Å². The van der Waals surface area contributed by atoms with Crippen molar-refractivity contribution in [3.05, 3.63) is 77.1 Å². The van der Waals surface area contributed by atoms with Crippen LogP contribution in [0, 0.1) is 25.5 Å². The second-order valence-electron chi connectivity index (χ2n) is 9.64. The highest BCUT2D eigenvalue weighted by Gasteiger charge is 2.35. The van der Waals surface area contributed by atoms with Gasteiger partial charge in [-0.3, -0.25) is 9.20 Å². The number of amides is 1. The first-order valence-corrected chi connectivity index (χ1v) is 12.5. The van der Waals surface area contributed by atoms with E-state index in [0.717, 1.165) is 76.8 Å². The molecule has 1 N–H and O–H groups in total. The molecule has 0 aliphatic carbocycles. The number of anilines is 1. The number of carbonyl (C=O) groups is 1. The molecule has 0 bridgehead atoms. The predicted molar refractivity (Wildman–Crippen MR) is 136 cm³/mol. The number of nitrogens with one attached hydrogen (secondary N) is 1. The van der Waals surface area contributed by atoms with Crippen LogP contribution >= 0.6 is 0 Å². The van der Waals surface area contributed by atoms with Crippen molar-refractivity contribution in [2.75, 3.05) is 18.0 Å². The van der Waals surface area contributed by atoms with Crippen LogP contribution in [0.25, 0.3) is 22.3 Å². The van der Waals surface area contributed by atoms with Gasteiger partial charge in [-0.15, -0.1) is 0 Å². The minimum absolute atomic E-state index is 0.124. The van der Waals surface area contributed by atoms with Crippen LogP contribution in [0.5, 0.6) is 0 Å². The summed E-state index contributed by atoms with van der Waals surface area (Å²) < 4.78 is 35.4. The molecular weight excluding hydrogens is 476 g/mol. The molecule has 0 spiro atoms. The third kappa shape index (κ3) is 4.03. The first kappa shape index (κ1) is 23.5. The number of rotatable bonds is 4. The first-order valence-electron chi connectivity index (χ1n) is 12.5. The largest absolute Gasteiger partial charge is 0.361 e. The van der Waals surface area contributed by atoms with E-state index in [1.54, 1.807) is 4.90 Å². The molecule has 0 radical (unpaired) electrons. The average Bonchev–Trinajstić information content (AvgIpc) is 3.44. The van der Waals surface area contributed by atoms with Gasteiger partial charge in [0.2, 0.25) is 5.91 Å². The number of fused-ring (bicyclic) bond motifs is 1. The minimum atomic E-state index is -0.977. The van der Waals surface area contributed by atoms with Crippen LogP contribution in [0.15, 0.2) is 47.1 Å². The van der Waals surface area contributed by atoms with Gasteiger partial charge in [-0.05, 0) is 75.1 Å². The monoisotopic (exact) mass is 503 g/mol. The molecule has 7 nitrogen and oxygen atoms in total. The lowest BCUT2D eigenvalue weighted by molar-refractivity contribution is -0.120. The summed E-state index contributed by atoms with van der Waals surface area (Å²) in [6, 6.07) is 7.26. The Morgan fingerprint density at radius 3 is 2.70 bits per heavy atom. The molecule has 1 fully saturated rings. The third-order valence-corrected chi connectivity index (χ3v) is 7.29. The van der Waals surface area contributed by atoms with Gasteiger partial charge in [0.1, 0.15) is 11.4 Å². The van der Waals surface area contributed by atoms with E-state index >= 15 is 0 Å². The van der Waals surface area contributed by atoms with Crippen LogP contribution in [0.2, 0.25) is 0 Å². The molecule has 37 heavy (non-hydrogen) atoms. The molecule has 190 valence electrons. The van der Waals surface area contributed by atoms with Crippen molar-refractivity contribution < 1.29 is 18.1 Å². The van der Waals surface area contributed by atoms with E-state index in [2.05, 4.69) is 21.0 Å². The highest BCUT2D eigenvalue weighted by Crippen LogP contribution is 2.40. The lowest BCUT2D eigenvalue weighted by Crippen LogP contribution is -2.39. The van der Waals surface area contributed by atoms with Crippen molar-refractivity contribution in [3.8, 4) is 11.1 Å². The summed E-state index contributed by atoms with van der Waals surface area (Å²) in [7, 11) is 0. The molecule has 9 heteroatoms. The normalized spacial score (nSPS) is 18.5. The maximum Gasteiger partial charge on any atom is 0.227 e. The van der Waals surface area contributed by atoms with Crippen LogP contribution < -0.4 is 10.2 Å². The fraction of sp³-hybridized carbons (Fsp3) is 0.321. The Kier molecular flexibility index (Phi) is 5.87. The fourth-order valence-electron chi connectivity index (χ4n) is 5.59. The van der Waals surface area contributed by atoms with E-state index in [1.807, 2.05) is 32.2 Å². The summed E-state index contributed by atoms with van der Waals surface area (Å²) >= 11 is 0. The lowest BCUT2D eigenvalue weighted by Gasteiger charge is -2.35. The van der Waals surface area contributed by atoms with Crippen molar-refractivity contribution in [1.82, 2.24) is 19.9 Å². The summed E-state index contributed by atoms with van der Waals surface area (Å²) in [5.74, 6) is -1.31. The van der Waals surface area contributed by atoms with E-state index in [9.17, 15) is 13.6 Å². The molecule has 5 heterocycles. The minimum Gasteiger partial charge on any atom is -0.361 e. The molecule has 1 saturated heterocycles. The van der Waals surface area contributed by atoms with Crippen molar-refractivity contribution in [1.29, 1.82) is 0 Å². The zero-order valence-corrected chi connectivity index (χ0v) is 20.7. The zero-order chi connectivity index (χ0) is 25.7. The molecule has 0 saturated carbocycles. The van der Waals surface area contributed by atoms with Gasteiger partial charge in [-0.2, -0.15) is 0 Å². The molecule has 3 aromatic heterocycles. The average molecular weight is 504 g/mol. The van der Waals surface area contributed by atoms with Crippen LogP contribution in [-0.4, -0.2) is 33.5 Å². The summed E-state index contributed by atoms with van der Waals surface area (Å²) in [6.07, 6.45) is 6.69. The van der Waals surface area contributed by atoms with Crippen molar-refractivity contribution in [2.45, 2.75) is 45.6 Å². The Morgan fingerprint density at radius 1 is 1.11 bits per heavy atom. The summed E-state index contributed by atoms with van der Waals surface area (Å²) in [6.45, 7) is 5.38. The van der Waals surface area contributed by atoms with Crippen LogP contribution in [0.3, 0.4) is 0 Å². The van der Waals surface area contributed by atoms with Gasteiger partial charge in [0, 0.05) is 36.5 Å². The van der Waals surface area contributed by atoms with Crippen molar-refractivity contribution in [3.63, 3.8) is 0 Å². The molecule has 1 atom stereocenters. The first-order chi connectivity index (χ1) is 17.9. The number of hydrogen-bond donors (Lipinski definition) is 1. The standard InChI is InChI=1S/C28H27F2N5O2/c1-16-26(17(2)37-33-16)19-10-13-34-24(14-19)32-27(28(34)18-8-11-31-12-9-18)23-4-3-5-25(36)35(23)20-6-7-21(29)22(30)15-20/h6-8,10,13-15,23,31H,3-5,9,11-12H2,1-2H3/t23-/m0/s1. The molecule has 2 aliphatic heterocycles. The maximum atomic E-state index is 14.2. The van der Waals surface area contributed by atoms with Gasteiger partial charge in [-0.1, -0.05) is 11.2 Å². The number of halogens is 2. The van der Waals surface area contributed by atoms with E-state index in [4.69, 9.17) is 9.51 Å². The molecule has 1 aromatic carbocycles. The number of hydrogen-bond acceptors (Lipinski definition) is 5. The van der Waals surface area contributed by atoms with Gasteiger partial charge < -0.3 is 14.7 Å². The van der Waals surface area contributed by atoms with Gasteiger partial charge in [-0.25, -0.2) is 13.8 Å². The molecule has 1 amide bonds. The Hall–Kier alpha value is -3.85. The van der Waals surface area contributed by atoms with Gasteiger partial charge in [0.25, 0.3) is 0 Å². The maximum absolute atomic E-state index is 14.2. The fourth-order valence-corrected chi connectivity index (χ4v) is 5.59. The Morgan fingerprint density at radius 2 is 1.97 bits per heavy atom. The Bertz CT molecular complexity index is 1530. The third-order valence-electron chi connectivity index (χ3n) is 7.29. The number of carbonyl (C=O) groups excluding carboxylic acids is 1. The summed E-state index contributed by atoms with van der Waals surface area (Å²) in [4.78, 5) is 19.9. The van der Waals surface area contributed by atoms with Gasteiger partial charge in [0.05, 0.1) is 23.1 Å². The molecule has 6 rings (SSSR count). The smallest absolute Gasteiger partial charge is 0.227 e. The second-order valence-corrected chi connectivity index (χ2v) is 9.64. The molecule has 0 unspecified atom stereocenters. The molecule has 4 aromatic rings. The van der Waals surface area contributed by atoms with E-state index in [0.29, 0.717) is 24.9 Å². The van der Waals surface area contributed by atoms with E-state index in [-0.39, 0.29) is 5.91 Å². The number of piperidine rings is 1. The van der Waals surface area contributed by atoms with Gasteiger partial charge >= 0.3 is 0 Å². The van der Waals surface area contributed by atoms with Crippen LogP contribution in [-0.2, 0) is 4.79 Å². The highest BCUT2D eigenvalue weighted by atomic mass is 19.2. The van der Waals surface area contributed by atoms with E-state index < -0.39 is 17.7 Å². The zero-order valence-electron chi connectivity index (χ0n) is 20.7. The number of pyridine rings is 1. The summed E-state index contributed by atoms with van der Waals surface area (Å²) in [5.41, 5.74) is 6.63. The molecular formula is C28H27F2N5O2. The predicted octanol–water partition coefficient (Wildman–Crippen LogP) is 5.52. The number of aryl methyl sites for hydroxylation is 2. The van der Waals surface area contributed by atoms with E-state index in [1.165, 1.54) is 6.07 Å². The van der Waals surface area contributed by atoms with Crippen LogP contribution in [0.4, 0.5) is 14.5 Å². The second kappa shape index (κ2) is 9.23. The van der Waals surface area contributed by atoms with Crippen LogP contribution in [0.1, 0.15) is 54.6 Å². The number of imidazole rings is 1. The van der Waals surface area contributed by atoms with Crippen molar-refractivity contribution in [2.24, 2.45) is 0 Å². The molecule has 2 aliphatic rings. The number of nitrogens with zero attached hydrogens (tertiary/aromatic N) is 4. The Balaban J connectivity index is 1.54. The lowest BCUT2D eigenvalue weighted by atomic mass is 9.93. The number of aromatic nitrogens is 3.